The Morgan fingerprint density at radius 2 is 1.83 bits per heavy atom. The second-order valence-electron chi connectivity index (χ2n) is 7.37. The Bertz CT molecular complexity index is 1020. The number of carbonyl (C=O) groups excluding carboxylic acids is 2. The number of nitrogens with one attached hydrogen (secondary N) is 1. The molecule has 2 heterocycles. The van der Waals surface area contributed by atoms with E-state index in [0.29, 0.717) is 31.5 Å². The fourth-order valence-electron chi connectivity index (χ4n) is 3.74. The number of H-pyrrole nitrogens is 1. The number of nitrogens with two attached hydrogens (primary N) is 1. The van der Waals surface area contributed by atoms with Crippen LogP contribution in [0.5, 0.6) is 0 Å². The topological polar surface area (TPSA) is 127 Å². The van der Waals surface area contributed by atoms with E-state index in [4.69, 9.17) is 10.5 Å². The number of anilines is 1. The molecule has 0 atom stereocenters. The fraction of sp³-hybridized carbons (Fsp3) is 0.429. The maximum absolute atomic E-state index is 12.8. The van der Waals surface area contributed by atoms with Gasteiger partial charge in [0, 0.05) is 18.6 Å². The number of nitrogen functional groups attached to an aromatic ring is 1. The van der Waals surface area contributed by atoms with E-state index in [0.717, 1.165) is 4.57 Å². The van der Waals surface area contributed by atoms with Crippen molar-refractivity contribution in [3.63, 3.8) is 0 Å². The van der Waals surface area contributed by atoms with Crippen molar-refractivity contribution in [1.82, 2.24) is 14.5 Å². The average Bonchev–Trinajstić information content (AvgIpc) is 2.74. The largest absolute Gasteiger partial charge is 0.384 e. The summed E-state index contributed by atoms with van der Waals surface area (Å²) >= 11 is 0. The Labute approximate surface area is 173 Å². The van der Waals surface area contributed by atoms with Gasteiger partial charge in [0.1, 0.15) is 11.4 Å². The van der Waals surface area contributed by atoms with Gasteiger partial charge in [-0.2, -0.15) is 0 Å². The summed E-state index contributed by atoms with van der Waals surface area (Å²) in [5.74, 6) is -0.566. The number of rotatable bonds is 8. The van der Waals surface area contributed by atoms with E-state index < -0.39 is 17.0 Å². The summed E-state index contributed by atoms with van der Waals surface area (Å²) in [6.45, 7) is 1.48. The summed E-state index contributed by atoms with van der Waals surface area (Å²) in [6, 6.07) is 9.18. The first-order valence-electron chi connectivity index (χ1n) is 9.88. The molecule has 1 aliphatic rings. The van der Waals surface area contributed by atoms with Gasteiger partial charge < -0.3 is 10.5 Å². The molecular formula is C21H26N4O5. The number of piperidine rings is 1. The summed E-state index contributed by atoms with van der Waals surface area (Å²) in [6.07, 6.45) is 1.28. The van der Waals surface area contributed by atoms with Gasteiger partial charge in [0.2, 0.25) is 0 Å². The number of methoxy groups -OCH3 is 1. The summed E-state index contributed by atoms with van der Waals surface area (Å²) in [5, 5.41) is 0. The lowest BCUT2D eigenvalue weighted by molar-refractivity contribution is 0.0805. The zero-order valence-corrected chi connectivity index (χ0v) is 16.9. The Kier molecular flexibility index (Phi) is 6.96. The van der Waals surface area contributed by atoms with E-state index in [9.17, 15) is 19.2 Å². The lowest BCUT2D eigenvalue weighted by atomic mass is 9.89. The van der Waals surface area contributed by atoms with Crippen molar-refractivity contribution in [2.45, 2.75) is 19.4 Å². The average molecular weight is 414 g/mol. The van der Waals surface area contributed by atoms with E-state index in [1.54, 1.807) is 0 Å². The molecule has 3 rings (SSSR count). The standard InChI is InChI=1S/C21H26N4O5/c1-30-12-11-25-19(22)17(20(28)23-21(25)29)16(26)13-24-9-7-15(8-10-24)18(27)14-5-3-2-4-6-14/h2-6,15H,7-13,22H2,1H3,(H,23,28,29). The maximum atomic E-state index is 12.8. The van der Waals surface area contributed by atoms with Crippen LogP contribution in [0.4, 0.5) is 5.82 Å². The molecule has 0 spiro atoms. The van der Waals surface area contributed by atoms with Crippen LogP contribution in [0, 0.1) is 5.92 Å². The second-order valence-corrected chi connectivity index (χ2v) is 7.37. The quantitative estimate of drug-likeness (QED) is 0.604. The number of aromatic amines is 1. The number of benzene rings is 1. The Morgan fingerprint density at radius 3 is 2.47 bits per heavy atom. The molecule has 1 saturated heterocycles. The molecule has 2 aromatic rings. The van der Waals surface area contributed by atoms with E-state index in [2.05, 4.69) is 4.98 Å². The van der Waals surface area contributed by atoms with Crippen LogP contribution in [0.15, 0.2) is 39.9 Å². The number of hydrogen-bond acceptors (Lipinski definition) is 7. The van der Waals surface area contributed by atoms with Crippen LogP contribution in [0.1, 0.15) is 33.6 Å². The molecule has 30 heavy (non-hydrogen) atoms. The van der Waals surface area contributed by atoms with Gasteiger partial charge in [-0.15, -0.1) is 0 Å². The third-order valence-electron chi connectivity index (χ3n) is 5.42. The van der Waals surface area contributed by atoms with Crippen molar-refractivity contribution in [3.8, 4) is 0 Å². The monoisotopic (exact) mass is 414 g/mol. The highest BCUT2D eigenvalue weighted by Gasteiger charge is 2.28. The second kappa shape index (κ2) is 9.64. The molecule has 0 unspecified atom stereocenters. The third kappa shape index (κ3) is 4.74. The highest BCUT2D eigenvalue weighted by Crippen LogP contribution is 2.22. The minimum atomic E-state index is -0.787. The number of Topliss-reactive ketones (excluding diaryl/α,β-unsaturated/α-hetero) is 2. The van der Waals surface area contributed by atoms with Crippen LogP contribution in [-0.2, 0) is 11.3 Å². The van der Waals surface area contributed by atoms with Crippen molar-refractivity contribution >= 4 is 17.4 Å². The fourth-order valence-corrected chi connectivity index (χ4v) is 3.74. The summed E-state index contributed by atoms with van der Waals surface area (Å²) in [7, 11) is 1.48. The normalized spacial score (nSPS) is 15.2. The van der Waals surface area contributed by atoms with Crippen LogP contribution in [0.25, 0.3) is 0 Å². The van der Waals surface area contributed by atoms with Gasteiger partial charge in [0.15, 0.2) is 11.6 Å². The lowest BCUT2D eigenvalue weighted by Gasteiger charge is -2.30. The third-order valence-corrected chi connectivity index (χ3v) is 5.42. The van der Waals surface area contributed by atoms with Gasteiger partial charge in [0.25, 0.3) is 5.56 Å². The lowest BCUT2D eigenvalue weighted by Crippen LogP contribution is -2.42. The molecule has 1 aromatic heterocycles. The van der Waals surface area contributed by atoms with Gasteiger partial charge in [-0.3, -0.25) is 28.8 Å². The molecule has 0 aliphatic carbocycles. The zero-order chi connectivity index (χ0) is 21.7. The van der Waals surface area contributed by atoms with Crippen LogP contribution >= 0.6 is 0 Å². The molecular weight excluding hydrogens is 388 g/mol. The van der Waals surface area contributed by atoms with Crippen molar-refractivity contribution in [2.75, 3.05) is 39.1 Å². The van der Waals surface area contributed by atoms with E-state index >= 15 is 0 Å². The van der Waals surface area contributed by atoms with E-state index in [-0.39, 0.29) is 42.8 Å². The maximum Gasteiger partial charge on any atom is 0.330 e. The van der Waals surface area contributed by atoms with Gasteiger partial charge in [0.05, 0.1) is 19.7 Å². The first-order chi connectivity index (χ1) is 14.4. The SMILES string of the molecule is COCCn1c(N)c(C(=O)CN2CCC(C(=O)c3ccccc3)CC2)c(=O)[nH]c1=O. The number of likely N-dealkylation sites (tertiary alicyclic amines) is 1. The van der Waals surface area contributed by atoms with Gasteiger partial charge >= 0.3 is 5.69 Å². The van der Waals surface area contributed by atoms with Crippen molar-refractivity contribution in [1.29, 1.82) is 0 Å². The van der Waals surface area contributed by atoms with Crippen LogP contribution in [0.2, 0.25) is 0 Å². The molecule has 0 amide bonds. The van der Waals surface area contributed by atoms with Crippen LogP contribution in [-0.4, -0.2) is 59.4 Å². The van der Waals surface area contributed by atoms with Gasteiger partial charge in [-0.1, -0.05) is 30.3 Å². The van der Waals surface area contributed by atoms with Crippen molar-refractivity contribution < 1.29 is 14.3 Å². The summed E-state index contributed by atoms with van der Waals surface area (Å²) in [5.41, 5.74) is 4.98. The van der Waals surface area contributed by atoms with Crippen molar-refractivity contribution in [2.24, 2.45) is 5.92 Å². The smallest absolute Gasteiger partial charge is 0.330 e. The first kappa shape index (κ1) is 21.7. The molecule has 1 aliphatic heterocycles. The minimum absolute atomic E-state index is 0.00199. The Balaban J connectivity index is 1.66. The van der Waals surface area contributed by atoms with E-state index in [1.165, 1.54) is 7.11 Å². The zero-order valence-electron chi connectivity index (χ0n) is 16.9. The number of carbonyl (C=O) groups is 2. The molecule has 1 fully saturated rings. The summed E-state index contributed by atoms with van der Waals surface area (Å²) in [4.78, 5) is 53.6. The molecule has 0 saturated carbocycles. The molecule has 0 bridgehead atoms. The number of ketones is 2. The highest BCUT2D eigenvalue weighted by atomic mass is 16.5. The number of nitrogens with zero attached hydrogens (tertiary/aromatic N) is 2. The van der Waals surface area contributed by atoms with Gasteiger partial charge in [-0.05, 0) is 25.9 Å². The number of hydrogen-bond donors (Lipinski definition) is 2. The number of ether oxygens (including phenoxy) is 1. The highest BCUT2D eigenvalue weighted by molar-refractivity contribution is 6.01. The molecule has 9 nitrogen and oxygen atoms in total. The molecule has 3 N–H and O–H groups in total. The van der Waals surface area contributed by atoms with E-state index in [1.807, 2.05) is 35.2 Å². The Morgan fingerprint density at radius 1 is 1.17 bits per heavy atom. The summed E-state index contributed by atoms with van der Waals surface area (Å²) < 4.78 is 6.07. The predicted octanol–water partition coefficient (Wildman–Crippen LogP) is 0.543. The molecule has 160 valence electrons. The predicted molar refractivity (Wildman–Crippen MR) is 112 cm³/mol. The molecule has 1 aromatic carbocycles. The number of aromatic nitrogens is 2. The molecule has 9 heteroatoms. The molecule has 0 radical (unpaired) electrons. The van der Waals surface area contributed by atoms with Gasteiger partial charge in [-0.25, -0.2) is 4.79 Å². The minimum Gasteiger partial charge on any atom is -0.384 e. The first-order valence-corrected chi connectivity index (χ1v) is 9.88. The van der Waals surface area contributed by atoms with Crippen molar-refractivity contribution in [3.05, 3.63) is 62.3 Å². The van der Waals surface area contributed by atoms with Crippen LogP contribution in [0.3, 0.4) is 0 Å². The Hall–Kier alpha value is -3.04. The van der Waals surface area contributed by atoms with Crippen LogP contribution < -0.4 is 17.0 Å².